The van der Waals surface area contributed by atoms with Gasteiger partial charge in [-0.3, -0.25) is 4.90 Å². The van der Waals surface area contributed by atoms with Gasteiger partial charge >= 0.3 is 5.97 Å². The summed E-state index contributed by atoms with van der Waals surface area (Å²) in [6.07, 6.45) is 20.4. The summed E-state index contributed by atoms with van der Waals surface area (Å²) >= 11 is 0. The Balaban J connectivity index is 1.11. The number of carbonyl (C=O) groups excluding carboxylic acids is 1. The van der Waals surface area contributed by atoms with Crippen LogP contribution in [-0.2, 0) is 19.0 Å². The first kappa shape index (κ1) is 38.1. The smallest absolute Gasteiger partial charge is 0.345 e. The number of esters is 1. The summed E-state index contributed by atoms with van der Waals surface area (Å²) in [5.41, 5.74) is 3.37. The number of piperidine rings is 1. The zero-order chi connectivity index (χ0) is 38.3. The number of allylic oxidation sites excluding steroid dienone is 2. The molecule has 0 radical (unpaired) electrons. The molecule has 5 aliphatic heterocycles. The predicted molar refractivity (Wildman–Crippen MR) is 222 cm³/mol. The molecule has 12 atom stereocenters. The van der Waals surface area contributed by atoms with E-state index in [1.54, 1.807) is 0 Å². The Kier molecular flexibility index (Phi) is 10.1. The Morgan fingerprint density at radius 3 is 2.61 bits per heavy atom. The number of aliphatic hydroxyl groups is 2. The molecule has 9 aliphatic rings. The first-order chi connectivity index (χ1) is 27.3. The van der Waals surface area contributed by atoms with Gasteiger partial charge in [-0.25, -0.2) is 4.79 Å². The van der Waals surface area contributed by atoms with E-state index in [-0.39, 0.29) is 46.6 Å². The number of ether oxygens (including phenoxy) is 3. The lowest BCUT2D eigenvalue weighted by atomic mass is 9.65. The zero-order valence-corrected chi connectivity index (χ0v) is 35.1. The number of methoxy groups -OCH3 is 1. The normalized spacial score (nSPS) is 43.2. The highest BCUT2D eigenvalue weighted by Crippen LogP contribution is 2.71. The topological polar surface area (TPSA) is 88.5 Å². The Hall–Kier alpha value is -2.17. The van der Waals surface area contributed by atoms with Crippen LogP contribution in [0.5, 0.6) is 0 Å². The van der Waals surface area contributed by atoms with Gasteiger partial charge in [0.05, 0.1) is 19.8 Å². The summed E-state index contributed by atoms with van der Waals surface area (Å²) in [6.45, 7) is 5.06. The predicted octanol–water partition coefficient (Wildman–Crippen LogP) is 9.30. The molecular weight excluding hydrogens is 739 g/mol. The number of hydrogen-bond acceptors (Lipinski definition) is 9. The maximum absolute atomic E-state index is 13.3. The van der Waals surface area contributed by atoms with Crippen molar-refractivity contribution in [3.63, 3.8) is 0 Å². The van der Waals surface area contributed by atoms with Crippen molar-refractivity contribution in [3.8, 4) is 0 Å². The maximum atomic E-state index is 13.3. The summed E-state index contributed by atoms with van der Waals surface area (Å²) in [5.74, 6) is 5.37. The second-order valence-corrected chi connectivity index (χ2v) is 22.0. The molecule has 302 valence electrons. The van der Waals surface area contributed by atoms with Gasteiger partial charge in [0.15, 0.2) is 11.5 Å². The van der Waals surface area contributed by atoms with E-state index in [9.17, 15) is 15.0 Å². The molecule has 4 aliphatic carbocycles. The van der Waals surface area contributed by atoms with Crippen LogP contribution in [0.15, 0.2) is 76.7 Å². The fourth-order valence-corrected chi connectivity index (χ4v) is 18.0. The molecule has 7 nitrogen and oxygen atoms in total. The standard InChI is InChI=1S/C47H61NO6S2/c1-27-14-15-30-26-55-56-47(17-8-5-9-18-47)31-16-19-46(23-31)24-34-33(39(46)29-11-6-4-7-12-29)22-36-38-28(2)42(44-43(52-3)35(25-49)45(51)54-44)53-37(38)13-10-20-48(36)40(34)41(50)32(30)21-27/h4,6-7,11-13,15,27-28,31-34,36,38-41,49-50H,5,8-10,14,16-26H2,1-3H3/t27-,28-,31+,32-,33-,34+,36+,38-,39+,40-,41-,46+/m0/s1. The molecule has 6 fully saturated rings. The minimum Gasteiger partial charge on any atom is -0.492 e. The molecule has 9 heteroatoms. The van der Waals surface area contributed by atoms with E-state index in [1.807, 2.05) is 0 Å². The number of hydrogen-bond donors (Lipinski definition) is 2. The SMILES string of the molecule is COC1=C(CO)C(=O)OC1=C1OC2=CCCN3[C@@H]4[C@@H](O)[C@H]5C[C@@H](C)CC=C5CSSC5(CCCCC5)[C@@H]5CC[C@]6(C[C@@H]4[C@H](C[C@@H]3[C@@H]2[C@@H]1C)[C@H]6c1ccccc1)C5. The van der Waals surface area contributed by atoms with E-state index >= 15 is 0 Å². The van der Waals surface area contributed by atoms with E-state index < -0.39 is 18.7 Å². The van der Waals surface area contributed by atoms with Gasteiger partial charge in [-0.15, -0.1) is 0 Å². The third-order valence-electron chi connectivity index (χ3n) is 16.6. The second kappa shape index (κ2) is 14.8. The van der Waals surface area contributed by atoms with Crippen molar-refractivity contribution in [1.82, 2.24) is 4.90 Å². The second-order valence-electron chi connectivity index (χ2n) is 19.2. The molecule has 3 saturated heterocycles. The molecule has 3 saturated carbocycles. The maximum Gasteiger partial charge on any atom is 0.345 e. The van der Waals surface area contributed by atoms with Crippen molar-refractivity contribution < 1.29 is 29.2 Å². The molecule has 56 heavy (non-hydrogen) atoms. The van der Waals surface area contributed by atoms with E-state index in [4.69, 9.17) is 14.2 Å². The number of cyclic esters (lactones) is 1. The minimum atomic E-state index is -0.573. The molecule has 2 N–H and O–H groups in total. The van der Waals surface area contributed by atoms with E-state index in [2.05, 4.69) is 82.8 Å². The number of carbonyl (C=O) groups is 1. The number of rotatable bonds is 3. The summed E-state index contributed by atoms with van der Waals surface area (Å²) in [5, 5.41) is 23.4. The fraction of sp³-hybridized carbons (Fsp3) is 0.681. The van der Waals surface area contributed by atoms with Crippen LogP contribution >= 0.6 is 21.6 Å². The summed E-state index contributed by atoms with van der Waals surface area (Å²) in [4.78, 5) is 15.7. The van der Waals surface area contributed by atoms with Gasteiger partial charge in [-0.2, -0.15) is 0 Å². The Labute approximate surface area is 341 Å². The molecule has 0 aromatic heterocycles. The summed E-state index contributed by atoms with van der Waals surface area (Å²) < 4.78 is 18.7. The third kappa shape index (κ3) is 5.97. The largest absolute Gasteiger partial charge is 0.492 e. The number of aliphatic hydroxyl groups excluding tert-OH is 2. The van der Waals surface area contributed by atoms with Crippen LogP contribution in [0.3, 0.4) is 0 Å². The highest BCUT2D eigenvalue weighted by Gasteiger charge is 2.65. The van der Waals surface area contributed by atoms with Crippen molar-refractivity contribution in [2.24, 2.45) is 46.8 Å². The molecule has 0 amide bonds. The number of benzene rings is 1. The Morgan fingerprint density at radius 2 is 1.82 bits per heavy atom. The molecule has 2 spiro atoms. The minimum absolute atomic E-state index is 0.0478. The zero-order valence-electron chi connectivity index (χ0n) is 33.5. The highest BCUT2D eigenvalue weighted by molar-refractivity contribution is 8.77. The molecule has 5 heterocycles. The van der Waals surface area contributed by atoms with E-state index in [1.165, 1.54) is 76.0 Å². The lowest BCUT2D eigenvalue weighted by molar-refractivity contribution is -0.133. The summed E-state index contributed by atoms with van der Waals surface area (Å²) in [7, 11) is 5.92. The molecule has 10 rings (SSSR count). The van der Waals surface area contributed by atoms with Gasteiger partial charge in [0, 0.05) is 46.9 Å². The Morgan fingerprint density at radius 1 is 1.00 bits per heavy atom. The van der Waals surface area contributed by atoms with Crippen molar-refractivity contribution in [2.75, 3.05) is 26.0 Å². The quantitative estimate of drug-likeness (QED) is 0.177. The first-order valence-electron chi connectivity index (χ1n) is 22.0. The first-order valence-corrected chi connectivity index (χ1v) is 24.3. The van der Waals surface area contributed by atoms with Crippen molar-refractivity contribution in [3.05, 3.63) is 82.2 Å². The fourth-order valence-electron chi connectivity index (χ4n) is 14.3. The van der Waals surface area contributed by atoms with Gasteiger partial charge in [0.2, 0.25) is 5.76 Å². The van der Waals surface area contributed by atoms with Crippen LogP contribution in [0.4, 0.5) is 0 Å². The molecule has 1 aromatic rings. The van der Waals surface area contributed by atoms with Crippen LogP contribution in [0.1, 0.15) is 109 Å². The Bertz CT molecular complexity index is 1830. The van der Waals surface area contributed by atoms with Crippen LogP contribution in [0.25, 0.3) is 0 Å². The van der Waals surface area contributed by atoms with Gasteiger partial charge < -0.3 is 24.4 Å². The highest BCUT2D eigenvalue weighted by atomic mass is 33.1. The lowest BCUT2D eigenvalue weighted by Gasteiger charge is -2.54. The van der Waals surface area contributed by atoms with Crippen LogP contribution in [-0.4, -0.2) is 70.0 Å². The average Bonchev–Trinajstić information content (AvgIpc) is 3.93. The van der Waals surface area contributed by atoms with E-state index in [0.29, 0.717) is 39.9 Å². The van der Waals surface area contributed by atoms with Crippen LogP contribution in [0.2, 0.25) is 0 Å². The molecule has 0 unspecified atom stereocenters. The van der Waals surface area contributed by atoms with Gasteiger partial charge in [-0.1, -0.05) is 96.7 Å². The molecule has 3 bridgehead atoms. The van der Waals surface area contributed by atoms with Crippen LogP contribution < -0.4 is 0 Å². The van der Waals surface area contributed by atoms with Crippen molar-refractivity contribution in [1.29, 1.82) is 0 Å². The molecule has 1 aromatic carbocycles. The number of fused-ring (bicyclic) bond motifs is 7. The number of nitrogens with zero attached hydrogens (tertiary/aromatic N) is 1. The van der Waals surface area contributed by atoms with Crippen LogP contribution in [0, 0.1) is 46.8 Å². The van der Waals surface area contributed by atoms with Gasteiger partial charge in [-0.05, 0) is 111 Å². The van der Waals surface area contributed by atoms with Gasteiger partial charge in [0.1, 0.15) is 11.3 Å². The van der Waals surface area contributed by atoms with Crippen molar-refractivity contribution >= 4 is 27.6 Å². The lowest BCUT2D eigenvalue weighted by Crippen LogP contribution is -2.62. The average molecular weight is 800 g/mol. The molecular formula is C47H61NO6S2. The monoisotopic (exact) mass is 799 g/mol. The van der Waals surface area contributed by atoms with E-state index in [0.717, 1.165) is 49.7 Å². The third-order valence-corrected chi connectivity index (χ3v) is 19.9. The summed E-state index contributed by atoms with van der Waals surface area (Å²) in [6, 6.07) is 11.8. The van der Waals surface area contributed by atoms with Gasteiger partial charge in [0.25, 0.3) is 0 Å². The van der Waals surface area contributed by atoms with Crippen molar-refractivity contribution in [2.45, 2.75) is 126 Å².